The Morgan fingerprint density at radius 3 is 1.42 bits per heavy atom. The highest BCUT2D eigenvalue weighted by Gasteiger charge is 2.03. The van der Waals surface area contributed by atoms with Crippen LogP contribution in [0.1, 0.15) is 122 Å². The van der Waals surface area contributed by atoms with E-state index < -0.39 is 0 Å². The average Bonchev–Trinajstić information content (AvgIpc) is 2.80. The molecule has 0 amide bonds. The van der Waals surface area contributed by atoms with Crippen molar-refractivity contribution in [2.24, 2.45) is 11.8 Å². The number of rotatable bonds is 18. The van der Waals surface area contributed by atoms with Gasteiger partial charge in [-0.15, -0.1) is 0 Å². The van der Waals surface area contributed by atoms with Crippen LogP contribution in [0.25, 0.3) is 11.4 Å². The summed E-state index contributed by atoms with van der Waals surface area (Å²) in [7, 11) is 0. The van der Waals surface area contributed by atoms with Crippen LogP contribution in [0.2, 0.25) is 0 Å². The largest absolute Gasteiger partial charge is 0.236 e. The SMILES string of the molecule is CC(C)CCCCCCCCc1ccc(-c2ncc(CCCCCCCC(C)C)cn2)cc1. The van der Waals surface area contributed by atoms with E-state index in [1.807, 2.05) is 12.4 Å². The molecule has 1 aromatic carbocycles. The van der Waals surface area contributed by atoms with E-state index in [0.717, 1.165) is 29.6 Å². The molecule has 2 nitrogen and oxygen atoms in total. The predicted octanol–water partition coefficient (Wildman–Crippen LogP) is 9.61. The van der Waals surface area contributed by atoms with Gasteiger partial charge in [-0.3, -0.25) is 0 Å². The number of nitrogens with zero attached hydrogens (tertiary/aromatic N) is 2. The third kappa shape index (κ3) is 12.9. The molecule has 0 atom stereocenters. The fraction of sp³-hybridized carbons (Fsp3) is 0.677. The molecule has 0 aliphatic heterocycles. The number of aryl methyl sites for hydroxylation is 2. The van der Waals surface area contributed by atoms with Crippen LogP contribution in [0.4, 0.5) is 0 Å². The third-order valence-electron chi connectivity index (χ3n) is 6.66. The highest BCUT2D eigenvalue weighted by molar-refractivity contribution is 5.55. The van der Waals surface area contributed by atoms with Crippen LogP contribution in [0.5, 0.6) is 0 Å². The molecule has 1 heterocycles. The molecule has 0 spiro atoms. The first kappa shape index (κ1) is 27.5. The van der Waals surface area contributed by atoms with Crippen molar-refractivity contribution in [1.29, 1.82) is 0 Å². The van der Waals surface area contributed by atoms with Crippen molar-refractivity contribution in [3.63, 3.8) is 0 Å². The second-order valence-corrected chi connectivity index (χ2v) is 10.9. The standard InChI is InChI=1S/C31H50N2/c1-26(2)16-12-8-5-6-10-14-18-28-20-22-30(23-21-28)31-32-24-29(25-33-31)19-15-11-7-9-13-17-27(3)4/h20-27H,5-19H2,1-4H3. The van der Waals surface area contributed by atoms with E-state index >= 15 is 0 Å². The molecule has 2 heteroatoms. The highest BCUT2D eigenvalue weighted by atomic mass is 14.9. The van der Waals surface area contributed by atoms with E-state index in [2.05, 4.69) is 61.9 Å². The van der Waals surface area contributed by atoms with Gasteiger partial charge in [0.25, 0.3) is 0 Å². The van der Waals surface area contributed by atoms with Crippen LogP contribution in [0.3, 0.4) is 0 Å². The average molecular weight is 451 g/mol. The molecule has 0 unspecified atom stereocenters. The summed E-state index contributed by atoms with van der Waals surface area (Å²) in [6.45, 7) is 9.28. The summed E-state index contributed by atoms with van der Waals surface area (Å²) in [5, 5.41) is 0. The predicted molar refractivity (Wildman–Crippen MR) is 145 cm³/mol. The van der Waals surface area contributed by atoms with Crippen LogP contribution in [-0.2, 0) is 12.8 Å². The Labute approximate surface area is 205 Å². The Hall–Kier alpha value is -1.70. The van der Waals surface area contributed by atoms with Gasteiger partial charge < -0.3 is 0 Å². The second kappa shape index (κ2) is 16.8. The van der Waals surface area contributed by atoms with Gasteiger partial charge in [0.2, 0.25) is 0 Å². The maximum atomic E-state index is 4.64. The molecule has 2 rings (SSSR count). The van der Waals surface area contributed by atoms with E-state index in [0.29, 0.717) is 0 Å². The van der Waals surface area contributed by atoms with Crippen molar-refractivity contribution in [3.05, 3.63) is 47.8 Å². The molecule has 0 aliphatic rings. The molecule has 33 heavy (non-hydrogen) atoms. The zero-order chi connectivity index (χ0) is 23.7. The number of aromatic nitrogens is 2. The number of hydrogen-bond acceptors (Lipinski definition) is 2. The molecule has 2 aromatic rings. The third-order valence-corrected chi connectivity index (χ3v) is 6.66. The summed E-state index contributed by atoms with van der Waals surface area (Å²) in [6, 6.07) is 8.89. The Bertz CT molecular complexity index is 716. The lowest BCUT2D eigenvalue weighted by atomic mass is 10.0. The molecule has 0 saturated heterocycles. The van der Waals surface area contributed by atoms with Gasteiger partial charge in [0.15, 0.2) is 5.82 Å². The summed E-state index contributed by atoms with van der Waals surface area (Å²) in [5.74, 6) is 2.55. The second-order valence-electron chi connectivity index (χ2n) is 10.9. The van der Waals surface area contributed by atoms with Crippen LogP contribution in [0.15, 0.2) is 36.7 Å². The van der Waals surface area contributed by atoms with Gasteiger partial charge in [0.05, 0.1) is 0 Å². The van der Waals surface area contributed by atoms with Crippen LogP contribution in [-0.4, -0.2) is 9.97 Å². The molecule has 0 N–H and O–H groups in total. The molecule has 184 valence electrons. The van der Waals surface area contributed by atoms with E-state index in [9.17, 15) is 0 Å². The van der Waals surface area contributed by atoms with E-state index in [-0.39, 0.29) is 0 Å². The first-order valence-corrected chi connectivity index (χ1v) is 13.9. The smallest absolute Gasteiger partial charge is 0.159 e. The fourth-order valence-corrected chi connectivity index (χ4v) is 4.45. The lowest BCUT2D eigenvalue weighted by Crippen LogP contribution is -1.94. The molecule has 0 fully saturated rings. The van der Waals surface area contributed by atoms with Crippen LogP contribution < -0.4 is 0 Å². The Kier molecular flexibility index (Phi) is 14.1. The van der Waals surface area contributed by atoms with Gasteiger partial charge >= 0.3 is 0 Å². The molecular formula is C31H50N2. The minimum Gasteiger partial charge on any atom is -0.236 e. The summed E-state index contributed by atoms with van der Waals surface area (Å²) >= 11 is 0. The quantitative estimate of drug-likeness (QED) is 0.211. The molecule has 0 saturated carbocycles. The number of unbranched alkanes of at least 4 members (excludes halogenated alkanes) is 9. The lowest BCUT2D eigenvalue weighted by Gasteiger charge is -2.06. The summed E-state index contributed by atoms with van der Waals surface area (Å²) in [6.07, 6.45) is 24.0. The van der Waals surface area contributed by atoms with E-state index in [1.54, 1.807) is 0 Å². The Balaban J connectivity index is 1.60. The zero-order valence-electron chi connectivity index (χ0n) is 22.1. The normalized spacial score (nSPS) is 11.6. The van der Waals surface area contributed by atoms with Crippen molar-refractivity contribution in [2.75, 3.05) is 0 Å². The van der Waals surface area contributed by atoms with E-state index in [1.165, 1.54) is 101 Å². The number of hydrogen-bond donors (Lipinski definition) is 0. The molecular weight excluding hydrogens is 400 g/mol. The molecule has 1 aromatic heterocycles. The van der Waals surface area contributed by atoms with E-state index in [4.69, 9.17) is 0 Å². The van der Waals surface area contributed by atoms with Crippen molar-refractivity contribution >= 4 is 0 Å². The first-order chi connectivity index (χ1) is 16.0. The molecule has 0 radical (unpaired) electrons. The Morgan fingerprint density at radius 2 is 0.939 bits per heavy atom. The van der Waals surface area contributed by atoms with Gasteiger partial charge in [-0.2, -0.15) is 0 Å². The maximum absolute atomic E-state index is 4.64. The first-order valence-electron chi connectivity index (χ1n) is 13.9. The van der Waals surface area contributed by atoms with Crippen LogP contribution in [0, 0.1) is 11.8 Å². The summed E-state index contributed by atoms with van der Waals surface area (Å²) in [5.41, 5.74) is 3.82. The fourth-order valence-electron chi connectivity index (χ4n) is 4.45. The Morgan fingerprint density at radius 1 is 0.515 bits per heavy atom. The van der Waals surface area contributed by atoms with Crippen molar-refractivity contribution in [3.8, 4) is 11.4 Å². The van der Waals surface area contributed by atoms with Crippen LogP contribution >= 0.6 is 0 Å². The molecule has 0 aliphatic carbocycles. The molecule has 0 bridgehead atoms. The van der Waals surface area contributed by atoms with Gasteiger partial charge in [-0.05, 0) is 48.6 Å². The van der Waals surface area contributed by atoms with Crippen molar-refractivity contribution < 1.29 is 0 Å². The highest BCUT2D eigenvalue weighted by Crippen LogP contribution is 2.18. The summed E-state index contributed by atoms with van der Waals surface area (Å²) in [4.78, 5) is 9.27. The van der Waals surface area contributed by atoms with Gasteiger partial charge in [-0.1, -0.05) is 123 Å². The zero-order valence-corrected chi connectivity index (χ0v) is 22.1. The maximum Gasteiger partial charge on any atom is 0.159 e. The minimum atomic E-state index is 0.844. The van der Waals surface area contributed by atoms with Gasteiger partial charge in [0, 0.05) is 18.0 Å². The van der Waals surface area contributed by atoms with Gasteiger partial charge in [0.1, 0.15) is 0 Å². The summed E-state index contributed by atoms with van der Waals surface area (Å²) < 4.78 is 0. The monoisotopic (exact) mass is 450 g/mol. The van der Waals surface area contributed by atoms with Gasteiger partial charge in [-0.25, -0.2) is 9.97 Å². The lowest BCUT2D eigenvalue weighted by molar-refractivity contribution is 0.511. The van der Waals surface area contributed by atoms with Crippen molar-refractivity contribution in [2.45, 2.75) is 124 Å². The number of benzene rings is 1. The topological polar surface area (TPSA) is 25.8 Å². The van der Waals surface area contributed by atoms with Crippen molar-refractivity contribution in [1.82, 2.24) is 9.97 Å². The minimum absolute atomic E-state index is 0.844.